The second-order valence-electron chi connectivity index (χ2n) is 11.3. The summed E-state index contributed by atoms with van der Waals surface area (Å²) in [4.78, 5) is 0. The minimum Gasteiger partial charge on any atom is -0.456 e. The number of hydrogen-bond donors (Lipinski definition) is 0. The lowest BCUT2D eigenvalue weighted by atomic mass is 10.0. The minimum atomic E-state index is 0.919. The first-order valence-electron chi connectivity index (χ1n) is 14.6. The van der Waals surface area contributed by atoms with Crippen molar-refractivity contribution in [1.29, 1.82) is 0 Å². The van der Waals surface area contributed by atoms with E-state index in [9.17, 15) is 0 Å². The van der Waals surface area contributed by atoms with Crippen LogP contribution < -0.4 is 0 Å². The fourth-order valence-electron chi connectivity index (χ4n) is 7.15. The van der Waals surface area contributed by atoms with Gasteiger partial charge in [-0.05, 0) is 64.9 Å². The van der Waals surface area contributed by atoms with Crippen LogP contribution in [0.4, 0.5) is 0 Å². The number of fused-ring (bicyclic) bond motifs is 12. The van der Waals surface area contributed by atoms with Gasteiger partial charge in [-0.2, -0.15) is 0 Å². The van der Waals surface area contributed by atoms with Crippen molar-refractivity contribution >= 4 is 86.0 Å². The van der Waals surface area contributed by atoms with Crippen LogP contribution in [0.1, 0.15) is 0 Å². The second kappa shape index (κ2) is 8.57. The third-order valence-corrected chi connectivity index (χ3v) is 10.1. The highest BCUT2D eigenvalue weighted by atomic mass is 32.1. The average molecular weight is 566 g/mol. The van der Waals surface area contributed by atoms with Gasteiger partial charge >= 0.3 is 0 Å². The lowest BCUT2D eigenvalue weighted by Gasteiger charge is -2.14. The van der Waals surface area contributed by atoms with Crippen LogP contribution in [0.2, 0.25) is 0 Å². The van der Waals surface area contributed by atoms with Crippen molar-refractivity contribution in [2.45, 2.75) is 0 Å². The zero-order valence-electron chi connectivity index (χ0n) is 23.0. The highest BCUT2D eigenvalue weighted by Gasteiger charge is 2.21. The largest absolute Gasteiger partial charge is 0.456 e. The number of hydrogen-bond acceptors (Lipinski definition) is 2. The molecule has 200 valence electrons. The first-order valence-corrected chi connectivity index (χ1v) is 15.4. The van der Waals surface area contributed by atoms with Crippen LogP contribution in [0.5, 0.6) is 0 Å². The Morgan fingerprint density at radius 2 is 1.19 bits per heavy atom. The zero-order chi connectivity index (χ0) is 28.1. The van der Waals surface area contributed by atoms with E-state index in [1.807, 2.05) is 17.4 Å². The molecule has 7 aromatic carbocycles. The Morgan fingerprint density at radius 1 is 0.465 bits per heavy atom. The molecule has 0 radical (unpaired) electrons. The minimum absolute atomic E-state index is 0.919. The van der Waals surface area contributed by atoms with E-state index in [2.05, 4.69) is 138 Å². The molecule has 0 spiro atoms. The highest BCUT2D eigenvalue weighted by molar-refractivity contribution is 7.25. The average Bonchev–Trinajstić information content (AvgIpc) is 3.73. The van der Waals surface area contributed by atoms with Crippen LogP contribution in [0.15, 0.2) is 144 Å². The van der Waals surface area contributed by atoms with Gasteiger partial charge in [-0.1, -0.05) is 91.0 Å². The summed E-state index contributed by atoms with van der Waals surface area (Å²) >= 11 is 1.86. The van der Waals surface area contributed by atoms with Crippen molar-refractivity contribution < 1.29 is 4.42 Å². The van der Waals surface area contributed by atoms with Gasteiger partial charge in [0.25, 0.3) is 0 Å². The molecule has 3 heterocycles. The van der Waals surface area contributed by atoms with E-state index in [0.29, 0.717) is 0 Å². The SMILES string of the molecule is c1ccc(-n2c3ccc4ccccc4c3c3c4c(ccc32)oc2ccccc24)c(-c2ccc3sc4ccccc4c3c2)c1. The predicted octanol–water partition coefficient (Wildman–Crippen LogP) is 11.9. The molecule has 0 aliphatic rings. The Labute approximate surface area is 250 Å². The fourth-order valence-corrected chi connectivity index (χ4v) is 8.24. The number of nitrogens with zero attached hydrogens (tertiary/aromatic N) is 1. The topological polar surface area (TPSA) is 18.1 Å². The number of aromatic nitrogens is 1. The van der Waals surface area contributed by atoms with Crippen molar-refractivity contribution in [3.63, 3.8) is 0 Å². The molecule has 10 aromatic rings. The molecule has 43 heavy (non-hydrogen) atoms. The van der Waals surface area contributed by atoms with Gasteiger partial charge in [-0.25, -0.2) is 0 Å². The van der Waals surface area contributed by atoms with Crippen LogP contribution in [0.3, 0.4) is 0 Å². The van der Waals surface area contributed by atoms with E-state index in [1.54, 1.807) is 0 Å². The number of thiophene rings is 1. The van der Waals surface area contributed by atoms with Gasteiger partial charge < -0.3 is 8.98 Å². The maximum Gasteiger partial charge on any atom is 0.136 e. The molecule has 2 nitrogen and oxygen atoms in total. The molecular formula is C40H23NOS. The maximum absolute atomic E-state index is 6.39. The summed E-state index contributed by atoms with van der Waals surface area (Å²) in [5.74, 6) is 0. The lowest BCUT2D eigenvalue weighted by molar-refractivity contribution is 0.669. The Hall–Kier alpha value is -5.38. The summed E-state index contributed by atoms with van der Waals surface area (Å²) in [5.41, 5.74) is 7.82. The molecule has 0 saturated carbocycles. The van der Waals surface area contributed by atoms with Crippen molar-refractivity contribution in [2.75, 3.05) is 0 Å². The van der Waals surface area contributed by atoms with E-state index in [-0.39, 0.29) is 0 Å². The van der Waals surface area contributed by atoms with E-state index in [0.717, 1.165) is 16.6 Å². The molecule has 0 N–H and O–H groups in total. The fraction of sp³-hybridized carbons (Fsp3) is 0. The molecule has 0 unspecified atom stereocenters. The number of furan rings is 1. The monoisotopic (exact) mass is 565 g/mol. The normalized spacial score (nSPS) is 12.2. The molecule has 3 aromatic heterocycles. The van der Waals surface area contributed by atoms with Crippen molar-refractivity contribution in [1.82, 2.24) is 4.57 Å². The summed E-state index contributed by atoms with van der Waals surface area (Å²) in [6.07, 6.45) is 0. The summed E-state index contributed by atoms with van der Waals surface area (Å²) in [6, 6.07) is 50.5. The number of para-hydroxylation sites is 2. The molecule has 0 atom stereocenters. The Morgan fingerprint density at radius 3 is 2.14 bits per heavy atom. The molecule has 0 amide bonds. The summed E-state index contributed by atoms with van der Waals surface area (Å²) in [6.45, 7) is 0. The van der Waals surface area contributed by atoms with Gasteiger partial charge in [0.1, 0.15) is 11.2 Å². The first-order chi connectivity index (χ1) is 21.3. The summed E-state index contributed by atoms with van der Waals surface area (Å²) in [7, 11) is 0. The van der Waals surface area contributed by atoms with E-state index in [1.165, 1.54) is 75.0 Å². The molecule has 0 aliphatic carbocycles. The third-order valence-electron chi connectivity index (χ3n) is 8.99. The van der Waals surface area contributed by atoms with E-state index < -0.39 is 0 Å². The second-order valence-corrected chi connectivity index (χ2v) is 12.4. The highest BCUT2D eigenvalue weighted by Crippen LogP contribution is 2.45. The van der Waals surface area contributed by atoms with Crippen LogP contribution in [0.25, 0.3) is 91.5 Å². The lowest BCUT2D eigenvalue weighted by Crippen LogP contribution is -1.97. The third kappa shape index (κ3) is 3.17. The number of benzene rings is 7. The van der Waals surface area contributed by atoms with E-state index in [4.69, 9.17) is 4.42 Å². The Bertz CT molecular complexity index is 2740. The Kier molecular flexibility index (Phi) is 4.63. The Balaban J connectivity index is 1.36. The number of rotatable bonds is 2. The molecular weight excluding hydrogens is 543 g/mol. The smallest absolute Gasteiger partial charge is 0.136 e. The molecule has 0 bridgehead atoms. The molecule has 10 rings (SSSR count). The van der Waals surface area contributed by atoms with Crippen LogP contribution in [-0.4, -0.2) is 4.57 Å². The molecule has 3 heteroatoms. The van der Waals surface area contributed by atoms with Crippen molar-refractivity contribution in [3.8, 4) is 16.8 Å². The van der Waals surface area contributed by atoms with E-state index >= 15 is 0 Å². The summed E-state index contributed by atoms with van der Waals surface area (Å²) < 4.78 is 11.5. The van der Waals surface area contributed by atoms with Gasteiger partial charge in [0.2, 0.25) is 0 Å². The molecule has 0 saturated heterocycles. The predicted molar refractivity (Wildman–Crippen MR) is 184 cm³/mol. The van der Waals surface area contributed by atoms with Crippen LogP contribution in [-0.2, 0) is 0 Å². The van der Waals surface area contributed by atoms with Crippen molar-refractivity contribution in [2.24, 2.45) is 0 Å². The van der Waals surface area contributed by atoms with Crippen molar-refractivity contribution in [3.05, 3.63) is 140 Å². The van der Waals surface area contributed by atoms with Gasteiger partial charge in [-0.15, -0.1) is 11.3 Å². The molecule has 0 fully saturated rings. The maximum atomic E-state index is 6.39. The van der Waals surface area contributed by atoms with Gasteiger partial charge in [0, 0.05) is 47.3 Å². The van der Waals surface area contributed by atoms with Crippen LogP contribution >= 0.6 is 11.3 Å². The first kappa shape index (κ1) is 23.2. The molecule has 0 aliphatic heterocycles. The quantitative estimate of drug-likeness (QED) is 0.204. The zero-order valence-corrected chi connectivity index (χ0v) is 23.9. The van der Waals surface area contributed by atoms with Gasteiger partial charge in [0.05, 0.1) is 16.7 Å². The van der Waals surface area contributed by atoms with Gasteiger partial charge in [-0.3, -0.25) is 0 Å². The van der Waals surface area contributed by atoms with Crippen LogP contribution in [0, 0.1) is 0 Å². The van der Waals surface area contributed by atoms with Gasteiger partial charge in [0.15, 0.2) is 0 Å². The summed E-state index contributed by atoms with van der Waals surface area (Å²) in [5, 5.41) is 9.96. The standard InChI is InChI=1S/C40H23NOS/c1-2-11-27-24(9-1)17-19-32-38(27)40-33(20-21-35-39(40)29-13-4-7-15-34(29)42-35)41(32)31-14-6-3-10-26(31)25-18-22-37-30(23-25)28-12-5-8-16-36(28)43-37/h1-23H.